The molecule has 1 aliphatic heterocycles. The molecule has 108 valence electrons. The van der Waals surface area contributed by atoms with E-state index >= 15 is 0 Å². The number of hydrogen-bond acceptors (Lipinski definition) is 4. The third-order valence-electron chi connectivity index (χ3n) is 3.09. The zero-order valence-electron chi connectivity index (χ0n) is 11.6. The maximum Gasteiger partial charge on any atom is 0.213 e. The van der Waals surface area contributed by atoms with E-state index in [0.717, 1.165) is 32.6 Å². The van der Waals surface area contributed by atoms with E-state index < -0.39 is 10.0 Å². The number of nitrogens with one attached hydrogen (secondary N) is 2. The molecular weight excluding hydrogens is 250 g/mol. The molecule has 0 aromatic rings. The molecule has 0 aliphatic carbocycles. The monoisotopic (exact) mass is 277 g/mol. The molecule has 0 bridgehead atoms. The molecule has 2 N–H and O–H groups in total. The van der Waals surface area contributed by atoms with Crippen molar-refractivity contribution in [2.24, 2.45) is 0 Å². The van der Waals surface area contributed by atoms with Crippen LogP contribution in [0.5, 0.6) is 0 Å². The lowest BCUT2D eigenvalue weighted by atomic mass is 10.3. The van der Waals surface area contributed by atoms with Gasteiger partial charge in [0.15, 0.2) is 0 Å². The molecule has 1 saturated heterocycles. The SMILES string of the molecule is CCCNCCS(=O)(=O)NC(C)CN1CCCC1. The minimum absolute atomic E-state index is 0.000671. The summed E-state index contributed by atoms with van der Waals surface area (Å²) in [4.78, 5) is 2.32. The van der Waals surface area contributed by atoms with Crippen LogP contribution >= 0.6 is 0 Å². The van der Waals surface area contributed by atoms with Crippen LogP contribution in [0.25, 0.3) is 0 Å². The van der Waals surface area contributed by atoms with Crippen LogP contribution in [0.3, 0.4) is 0 Å². The zero-order valence-corrected chi connectivity index (χ0v) is 12.4. The average Bonchev–Trinajstić information content (AvgIpc) is 2.76. The molecule has 0 spiro atoms. The quantitative estimate of drug-likeness (QED) is 0.599. The molecular formula is C12H27N3O2S. The Labute approximate surface area is 111 Å². The molecule has 18 heavy (non-hydrogen) atoms. The fraction of sp³-hybridized carbons (Fsp3) is 1.00. The van der Waals surface area contributed by atoms with Crippen molar-refractivity contribution in [1.82, 2.24) is 14.9 Å². The molecule has 6 heteroatoms. The van der Waals surface area contributed by atoms with Crippen LogP contribution < -0.4 is 10.0 Å². The van der Waals surface area contributed by atoms with E-state index in [9.17, 15) is 8.42 Å². The third kappa shape index (κ3) is 6.68. The smallest absolute Gasteiger partial charge is 0.213 e. The first-order valence-corrected chi connectivity index (χ1v) is 8.62. The lowest BCUT2D eigenvalue weighted by Crippen LogP contribution is -2.43. The van der Waals surface area contributed by atoms with Crippen LogP contribution in [0.15, 0.2) is 0 Å². The summed E-state index contributed by atoms with van der Waals surface area (Å²) in [5.74, 6) is 0.164. The molecule has 1 rings (SSSR count). The van der Waals surface area contributed by atoms with Gasteiger partial charge in [0, 0.05) is 19.1 Å². The summed E-state index contributed by atoms with van der Waals surface area (Å²) in [5, 5.41) is 3.11. The highest BCUT2D eigenvalue weighted by Gasteiger charge is 2.18. The Hall–Kier alpha value is -0.170. The maximum absolute atomic E-state index is 11.8. The van der Waals surface area contributed by atoms with Gasteiger partial charge in [-0.25, -0.2) is 13.1 Å². The highest BCUT2D eigenvalue weighted by molar-refractivity contribution is 7.89. The summed E-state index contributed by atoms with van der Waals surface area (Å²) < 4.78 is 26.4. The fourth-order valence-electron chi connectivity index (χ4n) is 2.26. The summed E-state index contributed by atoms with van der Waals surface area (Å²) in [6, 6.07) is -0.000671. The second kappa shape index (κ2) is 8.09. The van der Waals surface area contributed by atoms with E-state index in [1.54, 1.807) is 0 Å². The Morgan fingerprint density at radius 2 is 1.89 bits per heavy atom. The van der Waals surface area contributed by atoms with E-state index in [-0.39, 0.29) is 11.8 Å². The molecule has 0 aromatic heterocycles. The molecule has 1 atom stereocenters. The van der Waals surface area contributed by atoms with Crippen molar-refractivity contribution in [3.05, 3.63) is 0 Å². The van der Waals surface area contributed by atoms with Gasteiger partial charge in [-0.15, -0.1) is 0 Å². The number of rotatable bonds is 9. The van der Waals surface area contributed by atoms with Gasteiger partial charge < -0.3 is 10.2 Å². The third-order valence-corrected chi connectivity index (χ3v) is 4.59. The number of likely N-dealkylation sites (tertiary alicyclic amines) is 1. The van der Waals surface area contributed by atoms with Crippen LogP contribution in [-0.4, -0.2) is 57.8 Å². The van der Waals surface area contributed by atoms with Crippen LogP contribution in [0.1, 0.15) is 33.1 Å². The van der Waals surface area contributed by atoms with Crippen LogP contribution in [0.2, 0.25) is 0 Å². The second-order valence-electron chi connectivity index (χ2n) is 5.10. The van der Waals surface area contributed by atoms with E-state index in [4.69, 9.17) is 0 Å². The van der Waals surface area contributed by atoms with Crippen molar-refractivity contribution in [2.45, 2.75) is 39.2 Å². The van der Waals surface area contributed by atoms with Gasteiger partial charge in [0.2, 0.25) is 10.0 Å². The van der Waals surface area contributed by atoms with Gasteiger partial charge in [-0.1, -0.05) is 6.92 Å². The molecule has 0 saturated carbocycles. The van der Waals surface area contributed by atoms with Gasteiger partial charge in [-0.05, 0) is 45.8 Å². The van der Waals surface area contributed by atoms with Crippen LogP contribution in [0.4, 0.5) is 0 Å². The molecule has 0 amide bonds. The standard InChI is InChI=1S/C12H27N3O2S/c1-3-6-13-7-10-18(16,17)14-12(2)11-15-8-4-5-9-15/h12-14H,3-11H2,1-2H3. The summed E-state index contributed by atoms with van der Waals surface area (Å²) in [5.41, 5.74) is 0. The van der Waals surface area contributed by atoms with Crippen molar-refractivity contribution in [1.29, 1.82) is 0 Å². The first-order chi connectivity index (χ1) is 8.53. The molecule has 0 radical (unpaired) electrons. The van der Waals surface area contributed by atoms with Gasteiger partial charge in [-0.2, -0.15) is 0 Å². The van der Waals surface area contributed by atoms with Crippen molar-refractivity contribution < 1.29 is 8.42 Å². The fourth-order valence-corrected chi connectivity index (χ4v) is 3.48. The lowest BCUT2D eigenvalue weighted by Gasteiger charge is -2.21. The molecule has 1 heterocycles. The van der Waals surface area contributed by atoms with Crippen molar-refractivity contribution in [2.75, 3.05) is 38.5 Å². The Balaban J connectivity index is 2.21. The van der Waals surface area contributed by atoms with Crippen molar-refractivity contribution in [3.8, 4) is 0 Å². The van der Waals surface area contributed by atoms with Crippen molar-refractivity contribution >= 4 is 10.0 Å². The van der Waals surface area contributed by atoms with Crippen molar-refractivity contribution in [3.63, 3.8) is 0 Å². The topological polar surface area (TPSA) is 61.4 Å². The molecule has 1 aliphatic rings. The summed E-state index contributed by atoms with van der Waals surface area (Å²) in [6.07, 6.45) is 3.50. The van der Waals surface area contributed by atoms with E-state index in [2.05, 4.69) is 21.9 Å². The zero-order chi connectivity index (χ0) is 13.4. The molecule has 1 unspecified atom stereocenters. The summed E-state index contributed by atoms with van der Waals surface area (Å²) in [6.45, 7) is 8.43. The largest absolute Gasteiger partial charge is 0.316 e. The van der Waals surface area contributed by atoms with Gasteiger partial charge in [0.05, 0.1) is 5.75 Å². The first kappa shape index (κ1) is 15.9. The Morgan fingerprint density at radius 3 is 2.50 bits per heavy atom. The minimum Gasteiger partial charge on any atom is -0.316 e. The molecule has 0 aromatic carbocycles. The number of sulfonamides is 1. The normalized spacial score (nSPS) is 19.2. The van der Waals surface area contributed by atoms with Crippen LogP contribution in [0, 0.1) is 0 Å². The van der Waals surface area contributed by atoms with E-state index in [1.807, 2.05) is 6.92 Å². The minimum atomic E-state index is -3.14. The summed E-state index contributed by atoms with van der Waals surface area (Å²) >= 11 is 0. The summed E-state index contributed by atoms with van der Waals surface area (Å²) in [7, 11) is -3.14. The molecule has 5 nitrogen and oxygen atoms in total. The lowest BCUT2D eigenvalue weighted by molar-refractivity contribution is 0.312. The Bertz CT molecular complexity index is 313. The first-order valence-electron chi connectivity index (χ1n) is 6.96. The predicted molar refractivity (Wildman–Crippen MR) is 75.2 cm³/mol. The predicted octanol–water partition coefficient (Wildman–Crippen LogP) is 0.390. The average molecular weight is 277 g/mol. The maximum atomic E-state index is 11.8. The highest BCUT2D eigenvalue weighted by atomic mass is 32.2. The second-order valence-corrected chi connectivity index (χ2v) is 6.97. The van der Waals surface area contributed by atoms with Gasteiger partial charge in [0.25, 0.3) is 0 Å². The van der Waals surface area contributed by atoms with Crippen LogP contribution in [-0.2, 0) is 10.0 Å². The Morgan fingerprint density at radius 1 is 1.22 bits per heavy atom. The van der Waals surface area contributed by atoms with Gasteiger partial charge >= 0.3 is 0 Å². The number of hydrogen-bond donors (Lipinski definition) is 2. The highest BCUT2D eigenvalue weighted by Crippen LogP contribution is 2.07. The van der Waals surface area contributed by atoms with Gasteiger partial charge in [-0.3, -0.25) is 0 Å². The van der Waals surface area contributed by atoms with E-state index in [1.165, 1.54) is 12.8 Å². The van der Waals surface area contributed by atoms with Gasteiger partial charge in [0.1, 0.15) is 0 Å². The molecule has 1 fully saturated rings. The number of nitrogens with zero attached hydrogens (tertiary/aromatic N) is 1. The Kier molecular flexibility index (Phi) is 7.14. The van der Waals surface area contributed by atoms with E-state index in [0.29, 0.717) is 6.54 Å².